The SMILES string of the molecule is C=CCN(CCO)c1cc(CN)nc2ccccc12. The van der Waals surface area contributed by atoms with Crippen LogP contribution in [0.3, 0.4) is 0 Å². The number of nitrogens with zero attached hydrogens (tertiary/aromatic N) is 2. The lowest BCUT2D eigenvalue weighted by atomic mass is 10.1. The van der Waals surface area contributed by atoms with Crippen molar-refractivity contribution in [3.63, 3.8) is 0 Å². The predicted molar refractivity (Wildman–Crippen MR) is 79.1 cm³/mol. The molecule has 0 bridgehead atoms. The Morgan fingerprint density at radius 3 is 2.84 bits per heavy atom. The molecule has 0 atom stereocenters. The molecule has 0 fully saturated rings. The van der Waals surface area contributed by atoms with E-state index in [4.69, 9.17) is 5.73 Å². The predicted octanol–water partition coefficient (Wildman–Crippen LogP) is 1.68. The standard InChI is InChI=1S/C15H19N3O/c1-2-7-18(8-9-19)15-10-12(11-16)17-14-6-4-3-5-13(14)15/h2-6,10,19H,1,7-9,11,16H2. The molecule has 1 heterocycles. The molecule has 4 heteroatoms. The van der Waals surface area contributed by atoms with Crippen LogP contribution < -0.4 is 10.6 Å². The van der Waals surface area contributed by atoms with Gasteiger partial charge in [-0.05, 0) is 12.1 Å². The summed E-state index contributed by atoms with van der Waals surface area (Å²) >= 11 is 0. The normalized spacial score (nSPS) is 10.6. The Kier molecular flexibility index (Phi) is 4.49. The Bertz CT molecular complexity index is 568. The maximum atomic E-state index is 9.21. The second kappa shape index (κ2) is 6.31. The summed E-state index contributed by atoms with van der Waals surface area (Å²) in [6, 6.07) is 9.94. The third-order valence-corrected chi connectivity index (χ3v) is 3.02. The van der Waals surface area contributed by atoms with Crippen LogP contribution >= 0.6 is 0 Å². The summed E-state index contributed by atoms with van der Waals surface area (Å²) in [5.74, 6) is 0. The minimum absolute atomic E-state index is 0.0997. The molecular formula is C15H19N3O. The Balaban J connectivity index is 2.57. The highest BCUT2D eigenvalue weighted by Crippen LogP contribution is 2.26. The number of nitrogens with two attached hydrogens (primary N) is 1. The van der Waals surface area contributed by atoms with Crippen LogP contribution in [0, 0.1) is 0 Å². The van der Waals surface area contributed by atoms with Crippen molar-refractivity contribution in [2.75, 3.05) is 24.6 Å². The van der Waals surface area contributed by atoms with Crippen LogP contribution in [0.4, 0.5) is 5.69 Å². The minimum Gasteiger partial charge on any atom is -0.395 e. The molecule has 3 N–H and O–H groups in total. The molecule has 0 unspecified atom stereocenters. The Hall–Kier alpha value is -1.91. The second-order valence-electron chi connectivity index (χ2n) is 4.31. The summed E-state index contributed by atoms with van der Waals surface area (Å²) in [7, 11) is 0. The van der Waals surface area contributed by atoms with Crippen molar-refractivity contribution in [1.29, 1.82) is 0 Å². The van der Waals surface area contributed by atoms with Gasteiger partial charge in [0.25, 0.3) is 0 Å². The van der Waals surface area contributed by atoms with E-state index in [9.17, 15) is 5.11 Å². The van der Waals surface area contributed by atoms with Crippen LogP contribution in [-0.4, -0.2) is 29.8 Å². The first-order valence-corrected chi connectivity index (χ1v) is 6.35. The molecular weight excluding hydrogens is 238 g/mol. The fourth-order valence-electron chi connectivity index (χ4n) is 2.16. The second-order valence-corrected chi connectivity index (χ2v) is 4.31. The van der Waals surface area contributed by atoms with Gasteiger partial charge >= 0.3 is 0 Å². The number of anilines is 1. The largest absolute Gasteiger partial charge is 0.395 e. The van der Waals surface area contributed by atoms with Gasteiger partial charge in [-0.1, -0.05) is 24.3 Å². The van der Waals surface area contributed by atoms with E-state index in [1.54, 1.807) is 0 Å². The molecule has 0 aliphatic carbocycles. The van der Waals surface area contributed by atoms with E-state index in [-0.39, 0.29) is 6.61 Å². The van der Waals surface area contributed by atoms with Gasteiger partial charge in [-0.15, -0.1) is 6.58 Å². The number of pyridine rings is 1. The van der Waals surface area contributed by atoms with Crippen LogP contribution in [0.1, 0.15) is 5.69 Å². The zero-order valence-corrected chi connectivity index (χ0v) is 10.9. The van der Waals surface area contributed by atoms with Gasteiger partial charge in [0, 0.05) is 30.7 Å². The van der Waals surface area contributed by atoms with Crippen LogP contribution in [0.25, 0.3) is 10.9 Å². The van der Waals surface area contributed by atoms with Crippen molar-refractivity contribution in [2.45, 2.75) is 6.54 Å². The Labute approximate surface area is 113 Å². The fraction of sp³-hybridized carbons (Fsp3) is 0.267. The smallest absolute Gasteiger partial charge is 0.0726 e. The Morgan fingerprint density at radius 1 is 1.37 bits per heavy atom. The van der Waals surface area contributed by atoms with Crippen molar-refractivity contribution in [3.8, 4) is 0 Å². The number of aliphatic hydroxyl groups excluding tert-OH is 1. The van der Waals surface area contributed by atoms with Crippen molar-refractivity contribution < 1.29 is 5.11 Å². The minimum atomic E-state index is 0.0997. The van der Waals surface area contributed by atoms with Gasteiger partial charge in [-0.2, -0.15) is 0 Å². The van der Waals surface area contributed by atoms with Crippen LogP contribution in [0.2, 0.25) is 0 Å². The maximum Gasteiger partial charge on any atom is 0.0726 e. The van der Waals surface area contributed by atoms with Gasteiger partial charge in [0.2, 0.25) is 0 Å². The average molecular weight is 257 g/mol. The highest BCUT2D eigenvalue weighted by Gasteiger charge is 2.10. The molecule has 0 aliphatic heterocycles. The first-order valence-electron chi connectivity index (χ1n) is 6.35. The van der Waals surface area contributed by atoms with Crippen molar-refractivity contribution in [1.82, 2.24) is 4.98 Å². The monoisotopic (exact) mass is 257 g/mol. The molecule has 0 spiro atoms. The van der Waals surface area contributed by atoms with Crippen LogP contribution in [0.5, 0.6) is 0 Å². The number of benzene rings is 1. The van der Waals surface area contributed by atoms with Crippen LogP contribution in [0.15, 0.2) is 43.0 Å². The highest BCUT2D eigenvalue weighted by molar-refractivity contribution is 5.92. The molecule has 1 aromatic heterocycles. The van der Waals surface area contributed by atoms with Gasteiger partial charge in [0.05, 0.1) is 17.8 Å². The number of fused-ring (bicyclic) bond motifs is 1. The molecule has 0 radical (unpaired) electrons. The summed E-state index contributed by atoms with van der Waals surface area (Å²) < 4.78 is 0. The zero-order valence-electron chi connectivity index (χ0n) is 10.9. The first-order chi connectivity index (χ1) is 9.30. The van der Waals surface area contributed by atoms with Crippen molar-refractivity contribution in [2.24, 2.45) is 5.73 Å². The van der Waals surface area contributed by atoms with E-state index in [0.717, 1.165) is 22.3 Å². The summed E-state index contributed by atoms with van der Waals surface area (Å²) in [6.45, 7) is 5.51. The van der Waals surface area contributed by atoms with Crippen molar-refractivity contribution in [3.05, 3.63) is 48.7 Å². The fourth-order valence-corrected chi connectivity index (χ4v) is 2.16. The quantitative estimate of drug-likeness (QED) is 0.773. The first kappa shape index (κ1) is 13.5. The van der Waals surface area contributed by atoms with E-state index in [0.29, 0.717) is 19.6 Å². The van der Waals surface area contributed by atoms with Gasteiger partial charge in [0.1, 0.15) is 0 Å². The van der Waals surface area contributed by atoms with E-state index in [2.05, 4.69) is 16.5 Å². The van der Waals surface area contributed by atoms with Gasteiger partial charge in [-0.25, -0.2) is 0 Å². The van der Waals surface area contributed by atoms with E-state index < -0.39 is 0 Å². The van der Waals surface area contributed by atoms with Crippen LogP contribution in [-0.2, 0) is 6.54 Å². The van der Waals surface area contributed by atoms with E-state index in [1.807, 2.05) is 36.4 Å². The van der Waals surface area contributed by atoms with E-state index >= 15 is 0 Å². The number of aromatic nitrogens is 1. The summed E-state index contributed by atoms with van der Waals surface area (Å²) in [4.78, 5) is 6.60. The molecule has 1 aromatic carbocycles. The maximum absolute atomic E-state index is 9.21. The lowest BCUT2D eigenvalue weighted by Crippen LogP contribution is -2.27. The topological polar surface area (TPSA) is 62.4 Å². The third kappa shape index (κ3) is 2.92. The molecule has 19 heavy (non-hydrogen) atoms. The molecule has 100 valence electrons. The molecule has 2 rings (SSSR count). The molecule has 0 saturated heterocycles. The molecule has 0 saturated carbocycles. The average Bonchev–Trinajstić information content (AvgIpc) is 2.46. The van der Waals surface area contributed by atoms with Gasteiger partial charge < -0.3 is 15.7 Å². The lowest BCUT2D eigenvalue weighted by Gasteiger charge is -2.24. The number of hydrogen-bond acceptors (Lipinski definition) is 4. The zero-order chi connectivity index (χ0) is 13.7. The molecule has 0 aliphatic rings. The Morgan fingerprint density at radius 2 is 2.16 bits per heavy atom. The molecule has 2 aromatic rings. The summed E-state index contributed by atoms with van der Waals surface area (Å²) in [5.41, 5.74) is 8.52. The summed E-state index contributed by atoms with van der Waals surface area (Å²) in [5, 5.41) is 10.3. The third-order valence-electron chi connectivity index (χ3n) is 3.02. The number of aliphatic hydroxyl groups is 1. The highest BCUT2D eigenvalue weighted by atomic mass is 16.3. The lowest BCUT2D eigenvalue weighted by molar-refractivity contribution is 0.303. The van der Waals surface area contributed by atoms with E-state index in [1.165, 1.54) is 0 Å². The van der Waals surface area contributed by atoms with Crippen molar-refractivity contribution >= 4 is 16.6 Å². The summed E-state index contributed by atoms with van der Waals surface area (Å²) in [6.07, 6.45) is 1.83. The number of para-hydroxylation sites is 1. The number of hydrogen-bond donors (Lipinski definition) is 2. The van der Waals surface area contributed by atoms with Gasteiger partial charge in [0.15, 0.2) is 0 Å². The molecule has 4 nitrogen and oxygen atoms in total. The van der Waals surface area contributed by atoms with Gasteiger partial charge in [-0.3, -0.25) is 4.98 Å². The molecule has 0 amide bonds. The number of rotatable bonds is 6.